The summed E-state index contributed by atoms with van der Waals surface area (Å²) in [7, 11) is 0. The first-order valence-electron chi connectivity index (χ1n) is 3.73. The summed E-state index contributed by atoms with van der Waals surface area (Å²) < 4.78 is 0. The third-order valence-electron chi connectivity index (χ3n) is 1.51. The minimum absolute atomic E-state index is 0.300. The summed E-state index contributed by atoms with van der Waals surface area (Å²) in [4.78, 5) is 0. The molecule has 0 atom stereocenters. The van der Waals surface area contributed by atoms with Crippen molar-refractivity contribution < 1.29 is 5.11 Å². The minimum Gasteiger partial charge on any atom is -0.396 e. The Morgan fingerprint density at radius 1 is 1.50 bits per heavy atom. The van der Waals surface area contributed by atoms with Crippen LogP contribution in [0.1, 0.15) is 26.2 Å². The molecule has 0 saturated heterocycles. The molecule has 0 rings (SSSR count). The van der Waals surface area contributed by atoms with Crippen LogP contribution in [-0.4, -0.2) is 11.7 Å². The molecule has 0 aromatic heterocycles. The smallest absolute Gasteiger partial charge is 0.0431 e. The maximum Gasteiger partial charge on any atom is 0.0431 e. The molecule has 58 valence electrons. The maximum absolute atomic E-state index is 8.48. The van der Waals surface area contributed by atoms with Gasteiger partial charge >= 0.3 is 0 Å². The minimum atomic E-state index is 0.300. The highest BCUT2D eigenvalue weighted by molar-refractivity contribution is 5.14. The van der Waals surface area contributed by atoms with Crippen molar-refractivity contribution in [1.29, 1.82) is 0 Å². The molecule has 1 nitrogen and oxygen atoms in total. The topological polar surface area (TPSA) is 20.2 Å². The molecule has 0 aliphatic heterocycles. The van der Waals surface area contributed by atoms with Crippen LogP contribution in [0.2, 0.25) is 0 Å². The lowest BCUT2D eigenvalue weighted by atomic mass is 10.1. The van der Waals surface area contributed by atoms with E-state index in [9.17, 15) is 0 Å². The lowest BCUT2D eigenvalue weighted by Crippen LogP contribution is -1.84. The van der Waals surface area contributed by atoms with Crippen molar-refractivity contribution in [2.75, 3.05) is 6.61 Å². The van der Waals surface area contributed by atoms with Crippen LogP contribution in [0.25, 0.3) is 0 Å². The fraction of sp³-hybridized carbons (Fsp3) is 0.556. The van der Waals surface area contributed by atoms with Gasteiger partial charge in [-0.15, -0.1) is 0 Å². The predicted molar refractivity (Wildman–Crippen MR) is 44.9 cm³/mol. The van der Waals surface area contributed by atoms with Crippen LogP contribution >= 0.6 is 0 Å². The molecule has 0 aromatic rings. The highest BCUT2D eigenvalue weighted by atomic mass is 16.2. The van der Waals surface area contributed by atoms with Gasteiger partial charge in [0.05, 0.1) is 0 Å². The number of aliphatic hydroxyl groups excluding tert-OH is 1. The Morgan fingerprint density at radius 3 is 2.60 bits per heavy atom. The van der Waals surface area contributed by atoms with Crippen molar-refractivity contribution in [2.45, 2.75) is 26.2 Å². The average Bonchev–Trinajstić information content (AvgIpc) is 1.99. The van der Waals surface area contributed by atoms with Crippen molar-refractivity contribution in [3.8, 4) is 0 Å². The van der Waals surface area contributed by atoms with E-state index < -0.39 is 0 Å². The Hall–Kier alpha value is -0.560. The van der Waals surface area contributed by atoms with Gasteiger partial charge in [0, 0.05) is 6.61 Å². The normalized spacial score (nSPS) is 11.6. The molecular formula is C9H16O. The number of rotatable bonds is 5. The average molecular weight is 140 g/mol. The Labute approximate surface area is 63.1 Å². The van der Waals surface area contributed by atoms with E-state index in [4.69, 9.17) is 5.11 Å². The van der Waals surface area contributed by atoms with Crippen LogP contribution in [-0.2, 0) is 0 Å². The SMILES string of the molecule is C=C/C(=C\C)CCCCO. The standard InChI is InChI=1S/C9H16O/c1-3-9(4-2)7-5-6-8-10/h3-4,10H,1,5-8H2,2H3/b9-4+. The zero-order valence-electron chi connectivity index (χ0n) is 6.64. The molecule has 0 amide bonds. The first-order chi connectivity index (χ1) is 4.85. The lowest BCUT2D eigenvalue weighted by Gasteiger charge is -1.98. The third kappa shape index (κ3) is 4.33. The zero-order valence-corrected chi connectivity index (χ0v) is 6.64. The van der Waals surface area contributed by atoms with E-state index in [-0.39, 0.29) is 0 Å². The Morgan fingerprint density at radius 2 is 2.20 bits per heavy atom. The van der Waals surface area contributed by atoms with Crippen LogP contribution in [0.4, 0.5) is 0 Å². The summed E-state index contributed by atoms with van der Waals surface area (Å²) in [5, 5.41) is 8.48. The molecule has 0 radical (unpaired) electrons. The van der Waals surface area contributed by atoms with Gasteiger partial charge in [0.2, 0.25) is 0 Å². The van der Waals surface area contributed by atoms with E-state index in [1.807, 2.05) is 13.0 Å². The molecule has 1 N–H and O–H groups in total. The molecule has 0 bridgehead atoms. The molecule has 0 aromatic carbocycles. The van der Waals surface area contributed by atoms with Gasteiger partial charge in [0.1, 0.15) is 0 Å². The zero-order chi connectivity index (χ0) is 7.82. The van der Waals surface area contributed by atoms with Gasteiger partial charge in [-0.25, -0.2) is 0 Å². The first-order valence-corrected chi connectivity index (χ1v) is 3.73. The van der Waals surface area contributed by atoms with Crippen LogP contribution in [0.5, 0.6) is 0 Å². The summed E-state index contributed by atoms with van der Waals surface area (Å²) >= 11 is 0. The Balaban J connectivity index is 3.36. The summed E-state index contributed by atoms with van der Waals surface area (Å²) in [5.41, 5.74) is 1.27. The summed E-state index contributed by atoms with van der Waals surface area (Å²) in [6, 6.07) is 0. The first kappa shape index (κ1) is 9.44. The predicted octanol–water partition coefficient (Wildman–Crippen LogP) is 2.28. The van der Waals surface area contributed by atoms with Crippen molar-refractivity contribution in [2.24, 2.45) is 0 Å². The van der Waals surface area contributed by atoms with E-state index >= 15 is 0 Å². The summed E-state index contributed by atoms with van der Waals surface area (Å²) in [6.45, 7) is 5.99. The summed E-state index contributed by atoms with van der Waals surface area (Å²) in [5.74, 6) is 0. The monoisotopic (exact) mass is 140 g/mol. The van der Waals surface area contributed by atoms with E-state index in [2.05, 4.69) is 12.7 Å². The van der Waals surface area contributed by atoms with Gasteiger partial charge in [-0.05, 0) is 26.2 Å². The van der Waals surface area contributed by atoms with Gasteiger partial charge < -0.3 is 5.11 Å². The highest BCUT2D eigenvalue weighted by Gasteiger charge is 1.89. The third-order valence-corrected chi connectivity index (χ3v) is 1.51. The van der Waals surface area contributed by atoms with Crippen molar-refractivity contribution in [3.63, 3.8) is 0 Å². The lowest BCUT2D eigenvalue weighted by molar-refractivity contribution is 0.285. The maximum atomic E-state index is 8.48. The summed E-state index contributed by atoms with van der Waals surface area (Å²) in [6.07, 6.45) is 6.93. The molecule has 10 heavy (non-hydrogen) atoms. The van der Waals surface area contributed by atoms with E-state index in [0.29, 0.717) is 6.61 Å². The fourth-order valence-electron chi connectivity index (χ4n) is 0.805. The van der Waals surface area contributed by atoms with Gasteiger partial charge in [0.15, 0.2) is 0 Å². The van der Waals surface area contributed by atoms with Gasteiger partial charge in [-0.3, -0.25) is 0 Å². The largest absolute Gasteiger partial charge is 0.396 e. The Bertz CT molecular complexity index is 114. The number of allylic oxidation sites excluding steroid dienone is 3. The van der Waals surface area contributed by atoms with E-state index in [1.54, 1.807) is 0 Å². The molecule has 0 spiro atoms. The van der Waals surface area contributed by atoms with Crippen LogP contribution < -0.4 is 0 Å². The Kier molecular flexibility index (Phi) is 6.19. The fourth-order valence-corrected chi connectivity index (χ4v) is 0.805. The second-order valence-electron chi connectivity index (χ2n) is 2.25. The van der Waals surface area contributed by atoms with E-state index in [1.165, 1.54) is 5.57 Å². The molecule has 0 saturated carbocycles. The van der Waals surface area contributed by atoms with Crippen LogP contribution in [0, 0.1) is 0 Å². The second-order valence-corrected chi connectivity index (χ2v) is 2.25. The second kappa shape index (κ2) is 6.56. The molecule has 0 aliphatic rings. The number of hydrogen-bond acceptors (Lipinski definition) is 1. The van der Waals surface area contributed by atoms with E-state index in [0.717, 1.165) is 19.3 Å². The molecule has 0 heterocycles. The molecular weight excluding hydrogens is 124 g/mol. The van der Waals surface area contributed by atoms with Gasteiger partial charge in [-0.1, -0.05) is 24.3 Å². The van der Waals surface area contributed by atoms with Crippen molar-refractivity contribution in [3.05, 3.63) is 24.3 Å². The quantitative estimate of drug-likeness (QED) is 0.459. The number of aliphatic hydroxyl groups is 1. The van der Waals surface area contributed by atoms with Crippen LogP contribution in [0.3, 0.4) is 0 Å². The van der Waals surface area contributed by atoms with Gasteiger partial charge in [0.25, 0.3) is 0 Å². The highest BCUT2D eigenvalue weighted by Crippen LogP contribution is 2.06. The molecule has 0 aliphatic carbocycles. The molecule has 0 unspecified atom stereocenters. The van der Waals surface area contributed by atoms with Crippen molar-refractivity contribution >= 4 is 0 Å². The number of unbranched alkanes of at least 4 members (excludes halogenated alkanes) is 1. The number of hydrogen-bond donors (Lipinski definition) is 1. The van der Waals surface area contributed by atoms with Crippen molar-refractivity contribution in [1.82, 2.24) is 0 Å². The molecule has 1 heteroatoms. The molecule has 0 fully saturated rings. The van der Waals surface area contributed by atoms with Gasteiger partial charge in [-0.2, -0.15) is 0 Å². The van der Waals surface area contributed by atoms with Crippen LogP contribution in [0.15, 0.2) is 24.3 Å².